The maximum Gasteiger partial charge on any atom is 0.410 e. The van der Waals surface area contributed by atoms with Crippen LogP contribution in [-0.2, 0) is 9.53 Å². The smallest absolute Gasteiger partial charge is 0.410 e. The van der Waals surface area contributed by atoms with Crippen LogP contribution in [0.4, 0.5) is 4.79 Å². The molecule has 1 spiro atoms. The van der Waals surface area contributed by atoms with Crippen LogP contribution in [0.1, 0.15) is 44.7 Å². The molecule has 0 atom stereocenters. The van der Waals surface area contributed by atoms with Crippen molar-refractivity contribution in [3.05, 3.63) is 82.9 Å². The fourth-order valence-electron chi connectivity index (χ4n) is 4.33. The van der Waals surface area contributed by atoms with Crippen LogP contribution in [0.3, 0.4) is 0 Å². The van der Waals surface area contributed by atoms with Crippen LogP contribution in [0.5, 0.6) is 0 Å². The minimum atomic E-state index is -0.526. The summed E-state index contributed by atoms with van der Waals surface area (Å²) in [5.41, 5.74) is 2.61. The van der Waals surface area contributed by atoms with Crippen molar-refractivity contribution in [3.63, 3.8) is 0 Å². The number of nitrogens with zero attached hydrogens (tertiary/aromatic N) is 1. The van der Waals surface area contributed by atoms with Gasteiger partial charge in [0, 0.05) is 35.2 Å². The highest BCUT2D eigenvalue weighted by atomic mass is 16.6. The summed E-state index contributed by atoms with van der Waals surface area (Å²) in [6, 6.07) is 21.6. The van der Waals surface area contributed by atoms with E-state index in [0.29, 0.717) is 25.9 Å². The summed E-state index contributed by atoms with van der Waals surface area (Å²) in [5.74, 6) is 0.0758. The van der Waals surface area contributed by atoms with Crippen molar-refractivity contribution >= 4 is 24.0 Å². The molecule has 0 aromatic heterocycles. The molecule has 1 aliphatic heterocycles. The lowest BCUT2D eigenvalue weighted by Crippen LogP contribution is -2.53. The number of hydrogen-bond donors (Lipinski definition) is 0. The Kier molecular flexibility index (Phi) is 5.45. The molecule has 0 bridgehead atoms. The van der Waals surface area contributed by atoms with Crippen LogP contribution in [-0.4, -0.2) is 35.5 Å². The van der Waals surface area contributed by atoms with E-state index in [1.165, 1.54) is 0 Å². The second kappa shape index (κ2) is 8.07. The molecule has 0 radical (unpaired) electrons. The van der Waals surface area contributed by atoms with Gasteiger partial charge in [-0.1, -0.05) is 48.5 Å². The maximum atomic E-state index is 13.2. The molecule has 0 N–H and O–H groups in total. The number of carbonyl (C=O) groups excluding carboxylic acids is 2. The van der Waals surface area contributed by atoms with E-state index in [0.717, 1.165) is 22.3 Å². The van der Waals surface area contributed by atoms with E-state index < -0.39 is 5.60 Å². The number of amides is 1. The summed E-state index contributed by atoms with van der Waals surface area (Å²) in [6.07, 6.45) is 5.03. The standard InChI is InChI=1S/C27H27NO3/c1-26(2,3)31-25(30)28-16-14-27(15-17-28)22(18-20-10-6-4-7-11-20)24(29)23(27)19-21-12-8-5-9-13-21/h4-8,10-12,18-19H,14-17H2,1-3H3/b22-18-,23-19-. The van der Waals surface area contributed by atoms with Crippen molar-refractivity contribution in [1.29, 1.82) is 0 Å². The quantitative estimate of drug-likeness (QED) is 0.623. The second-order valence-corrected chi connectivity index (χ2v) is 9.16. The van der Waals surface area contributed by atoms with Gasteiger partial charge in [0.05, 0.1) is 0 Å². The SMILES string of the molecule is CC(C)(C)OC(=O)N1CCC2(CC1)/C(=C\c1c#cccc1)C(=O)/C2=C/c1ccccc1. The number of rotatable bonds is 2. The first-order valence-electron chi connectivity index (χ1n) is 10.7. The third-order valence-electron chi connectivity index (χ3n) is 5.87. The van der Waals surface area contributed by atoms with E-state index in [1.54, 1.807) is 11.0 Å². The van der Waals surface area contributed by atoms with Crippen molar-refractivity contribution in [2.24, 2.45) is 5.41 Å². The predicted molar refractivity (Wildman–Crippen MR) is 121 cm³/mol. The van der Waals surface area contributed by atoms with E-state index >= 15 is 0 Å². The van der Waals surface area contributed by atoms with E-state index in [-0.39, 0.29) is 17.3 Å². The van der Waals surface area contributed by atoms with Gasteiger partial charge in [0.15, 0.2) is 5.78 Å². The highest BCUT2D eigenvalue weighted by Crippen LogP contribution is 2.56. The van der Waals surface area contributed by atoms with Crippen molar-refractivity contribution in [3.8, 4) is 0 Å². The molecule has 4 rings (SSSR count). The molecule has 158 valence electrons. The molecule has 1 aliphatic carbocycles. The van der Waals surface area contributed by atoms with Gasteiger partial charge in [-0.25, -0.2) is 4.79 Å². The average molecular weight is 414 g/mol. The third kappa shape index (κ3) is 4.27. The maximum absolute atomic E-state index is 13.2. The molecule has 4 heteroatoms. The van der Waals surface area contributed by atoms with E-state index in [9.17, 15) is 9.59 Å². The van der Waals surface area contributed by atoms with Gasteiger partial charge in [-0.2, -0.15) is 0 Å². The van der Waals surface area contributed by atoms with E-state index in [4.69, 9.17) is 4.74 Å². The number of ether oxygens (including phenoxy) is 1. The average Bonchev–Trinajstić information content (AvgIpc) is 2.76. The first-order valence-corrected chi connectivity index (χ1v) is 10.7. The number of allylic oxidation sites excluding steroid dienone is 2. The Morgan fingerprint density at radius 2 is 1.71 bits per heavy atom. The number of benzene rings is 1. The van der Waals surface area contributed by atoms with E-state index in [2.05, 4.69) is 12.1 Å². The van der Waals surface area contributed by atoms with E-state index in [1.807, 2.05) is 75.4 Å². The Bertz CT molecular complexity index is 960. The molecule has 2 aromatic carbocycles. The van der Waals surface area contributed by atoms with Gasteiger partial charge in [0.2, 0.25) is 0 Å². The van der Waals surface area contributed by atoms with Gasteiger partial charge in [-0.15, -0.1) is 0 Å². The predicted octanol–water partition coefficient (Wildman–Crippen LogP) is 5.35. The lowest BCUT2D eigenvalue weighted by molar-refractivity contribution is -0.118. The van der Waals surface area contributed by atoms with Gasteiger partial charge < -0.3 is 9.64 Å². The summed E-state index contributed by atoms with van der Waals surface area (Å²) in [5, 5.41) is 0. The summed E-state index contributed by atoms with van der Waals surface area (Å²) >= 11 is 0. The Balaban J connectivity index is 1.64. The first kappa shape index (κ1) is 20.9. The number of hydrogen-bond acceptors (Lipinski definition) is 3. The molecular weight excluding hydrogens is 386 g/mol. The Labute approximate surface area is 184 Å². The topological polar surface area (TPSA) is 46.6 Å². The molecule has 2 fully saturated rings. The zero-order chi connectivity index (χ0) is 22.1. The number of piperidine rings is 1. The fourth-order valence-corrected chi connectivity index (χ4v) is 4.33. The number of carbonyl (C=O) groups is 2. The van der Waals surface area contributed by atoms with Crippen molar-refractivity contribution in [2.45, 2.75) is 39.2 Å². The number of likely N-dealkylation sites (tertiary alicyclic amines) is 1. The monoisotopic (exact) mass is 413 g/mol. The zero-order valence-corrected chi connectivity index (χ0v) is 18.3. The van der Waals surface area contributed by atoms with Gasteiger partial charge in [0.25, 0.3) is 0 Å². The lowest BCUT2D eigenvalue weighted by Gasteiger charge is -2.50. The van der Waals surface area contributed by atoms with Crippen molar-refractivity contribution < 1.29 is 14.3 Å². The molecule has 31 heavy (non-hydrogen) atoms. The summed E-state index contributed by atoms with van der Waals surface area (Å²) < 4.78 is 5.54. The minimum absolute atomic E-state index is 0.0758. The van der Waals surface area contributed by atoms with Crippen LogP contribution in [0.2, 0.25) is 0 Å². The highest BCUT2D eigenvalue weighted by Gasteiger charge is 2.55. The van der Waals surface area contributed by atoms with Gasteiger partial charge >= 0.3 is 6.09 Å². The van der Waals surface area contributed by atoms with Crippen LogP contribution in [0.15, 0.2) is 59.7 Å². The van der Waals surface area contributed by atoms with Crippen LogP contribution in [0, 0.1) is 17.5 Å². The molecule has 2 aliphatic rings. The summed E-state index contributed by atoms with van der Waals surface area (Å²) in [6.45, 7) is 6.72. The normalized spacial score (nSPS) is 20.5. The largest absolute Gasteiger partial charge is 0.444 e. The molecule has 1 saturated heterocycles. The highest BCUT2D eigenvalue weighted by molar-refractivity contribution is 6.23. The first-order chi connectivity index (χ1) is 14.8. The molecule has 1 amide bonds. The zero-order valence-electron chi connectivity index (χ0n) is 18.3. The Morgan fingerprint density at radius 1 is 1.03 bits per heavy atom. The summed E-state index contributed by atoms with van der Waals surface area (Å²) in [4.78, 5) is 27.5. The molecular formula is C27H27NO3. The van der Waals surface area contributed by atoms with Gasteiger partial charge in [-0.05, 0) is 63.5 Å². The third-order valence-corrected chi connectivity index (χ3v) is 5.87. The number of Topliss-reactive ketones (excluding diaryl/α,β-unsaturated/α-hetero) is 1. The van der Waals surface area contributed by atoms with Crippen molar-refractivity contribution in [2.75, 3.05) is 13.1 Å². The fraction of sp³-hybridized carbons (Fsp3) is 0.333. The Hall–Kier alpha value is -3.32. The summed E-state index contributed by atoms with van der Waals surface area (Å²) in [7, 11) is 0. The van der Waals surface area contributed by atoms with Crippen LogP contribution < -0.4 is 0 Å². The van der Waals surface area contributed by atoms with Crippen molar-refractivity contribution in [1.82, 2.24) is 4.90 Å². The second-order valence-electron chi connectivity index (χ2n) is 9.16. The van der Waals surface area contributed by atoms with Gasteiger partial charge in [0.1, 0.15) is 5.60 Å². The molecule has 1 heterocycles. The molecule has 4 nitrogen and oxygen atoms in total. The lowest BCUT2D eigenvalue weighted by atomic mass is 9.54. The number of ketones is 1. The van der Waals surface area contributed by atoms with Crippen LogP contribution in [0.25, 0.3) is 12.2 Å². The van der Waals surface area contributed by atoms with Gasteiger partial charge in [-0.3, -0.25) is 4.79 Å². The minimum Gasteiger partial charge on any atom is -0.444 e. The molecule has 0 unspecified atom stereocenters. The Morgan fingerprint density at radius 3 is 2.32 bits per heavy atom. The van der Waals surface area contributed by atoms with Crippen LogP contribution >= 0.6 is 0 Å². The molecule has 2 aromatic rings. The molecule has 1 saturated carbocycles.